The van der Waals surface area contributed by atoms with Crippen molar-refractivity contribution in [3.8, 4) is 17.2 Å². The molecule has 0 saturated heterocycles. The van der Waals surface area contributed by atoms with Crippen LogP contribution in [-0.2, 0) is 6.42 Å². The first-order valence-corrected chi connectivity index (χ1v) is 6.29. The van der Waals surface area contributed by atoms with Gasteiger partial charge in [-0.2, -0.15) is 5.26 Å². The molecular formula is C15H11Cl2N. The van der Waals surface area contributed by atoms with Gasteiger partial charge in [0.05, 0.1) is 22.5 Å². The first kappa shape index (κ1) is 13.0. The molecule has 0 saturated carbocycles. The molecule has 1 nitrogen and oxygen atoms in total. The van der Waals surface area contributed by atoms with E-state index in [2.05, 4.69) is 6.07 Å². The lowest BCUT2D eigenvalue weighted by Crippen LogP contribution is -1.88. The largest absolute Gasteiger partial charge is 0.198 e. The average Bonchev–Trinajstić information content (AvgIpc) is 2.34. The predicted octanol–water partition coefficient (Wildman–Crippen LogP) is 5.03. The molecule has 2 aromatic carbocycles. The van der Waals surface area contributed by atoms with Crippen molar-refractivity contribution in [3.05, 3.63) is 57.6 Å². The maximum absolute atomic E-state index is 8.68. The standard InChI is InChI=1S/C15H11Cl2N/c1-10-8-11(6-7-18)2-4-13(10)12-3-5-14(16)15(17)9-12/h2-5,8-9H,6H2,1H3. The molecule has 0 radical (unpaired) electrons. The Morgan fingerprint density at radius 3 is 2.44 bits per heavy atom. The van der Waals surface area contributed by atoms with Crippen LogP contribution in [0.5, 0.6) is 0 Å². The average molecular weight is 276 g/mol. The van der Waals surface area contributed by atoms with E-state index in [1.54, 1.807) is 6.07 Å². The Morgan fingerprint density at radius 1 is 1.06 bits per heavy atom. The molecule has 18 heavy (non-hydrogen) atoms. The third-order valence-corrected chi connectivity index (χ3v) is 3.54. The van der Waals surface area contributed by atoms with Crippen molar-refractivity contribution in [1.82, 2.24) is 0 Å². The van der Waals surface area contributed by atoms with E-state index >= 15 is 0 Å². The highest BCUT2D eigenvalue weighted by molar-refractivity contribution is 6.42. The summed E-state index contributed by atoms with van der Waals surface area (Å²) in [6.07, 6.45) is 0.433. The van der Waals surface area contributed by atoms with E-state index in [1.807, 2.05) is 37.3 Å². The first-order valence-electron chi connectivity index (χ1n) is 5.53. The normalized spacial score (nSPS) is 10.1. The van der Waals surface area contributed by atoms with Crippen LogP contribution in [0.25, 0.3) is 11.1 Å². The van der Waals surface area contributed by atoms with Gasteiger partial charge in [0.2, 0.25) is 0 Å². The predicted molar refractivity (Wildman–Crippen MR) is 76.0 cm³/mol. The van der Waals surface area contributed by atoms with E-state index in [9.17, 15) is 0 Å². The monoisotopic (exact) mass is 275 g/mol. The summed E-state index contributed by atoms with van der Waals surface area (Å²) in [6.45, 7) is 2.03. The molecule has 0 fully saturated rings. The number of rotatable bonds is 2. The van der Waals surface area contributed by atoms with Crippen molar-refractivity contribution in [2.45, 2.75) is 13.3 Å². The molecule has 0 bridgehead atoms. The Morgan fingerprint density at radius 2 is 1.83 bits per heavy atom. The molecule has 0 amide bonds. The zero-order valence-electron chi connectivity index (χ0n) is 9.87. The van der Waals surface area contributed by atoms with Gasteiger partial charge in [-0.3, -0.25) is 0 Å². The second-order valence-corrected chi connectivity index (χ2v) is 4.93. The number of hydrogen-bond acceptors (Lipinski definition) is 1. The smallest absolute Gasteiger partial charge is 0.0669 e. The lowest BCUT2D eigenvalue weighted by Gasteiger charge is -2.08. The summed E-state index contributed by atoms with van der Waals surface area (Å²) in [5.41, 5.74) is 4.29. The zero-order chi connectivity index (χ0) is 13.1. The summed E-state index contributed by atoms with van der Waals surface area (Å²) in [6, 6.07) is 13.8. The van der Waals surface area contributed by atoms with Gasteiger partial charge in [-0.1, -0.05) is 47.5 Å². The Labute approximate surface area is 117 Å². The SMILES string of the molecule is Cc1cc(CC#N)ccc1-c1ccc(Cl)c(Cl)c1. The van der Waals surface area contributed by atoms with Crippen molar-refractivity contribution >= 4 is 23.2 Å². The van der Waals surface area contributed by atoms with E-state index in [0.29, 0.717) is 16.5 Å². The molecular weight excluding hydrogens is 265 g/mol. The van der Waals surface area contributed by atoms with Gasteiger partial charge in [0.25, 0.3) is 0 Å². The van der Waals surface area contributed by atoms with Crippen molar-refractivity contribution in [2.24, 2.45) is 0 Å². The summed E-state index contributed by atoms with van der Waals surface area (Å²) in [4.78, 5) is 0. The Balaban J connectivity index is 2.45. The van der Waals surface area contributed by atoms with Gasteiger partial charge in [0.15, 0.2) is 0 Å². The number of nitrogens with zero attached hydrogens (tertiary/aromatic N) is 1. The minimum absolute atomic E-state index is 0.433. The van der Waals surface area contributed by atoms with Crippen LogP contribution in [0.15, 0.2) is 36.4 Å². The second-order valence-electron chi connectivity index (χ2n) is 4.11. The van der Waals surface area contributed by atoms with E-state index in [1.165, 1.54) is 0 Å². The highest BCUT2D eigenvalue weighted by atomic mass is 35.5. The maximum Gasteiger partial charge on any atom is 0.0669 e. The molecule has 90 valence electrons. The highest BCUT2D eigenvalue weighted by Crippen LogP contribution is 2.30. The fourth-order valence-corrected chi connectivity index (χ4v) is 2.21. The van der Waals surface area contributed by atoms with E-state index in [0.717, 1.165) is 22.3 Å². The van der Waals surface area contributed by atoms with Gasteiger partial charge < -0.3 is 0 Å². The zero-order valence-corrected chi connectivity index (χ0v) is 11.4. The second kappa shape index (κ2) is 5.44. The minimum Gasteiger partial charge on any atom is -0.198 e. The van der Waals surface area contributed by atoms with Crippen LogP contribution in [0.2, 0.25) is 10.0 Å². The van der Waals surface area contributed by atoms with Crippen molar-refractivity contribution < 1.29 is 0 Å². The third kappa shape index (κ3) is 2.67. The summed E-state index contributed by atoms with van der Waals surface area (Å²) >= 11 is 11.9. The molecule has 0 aromatic heterocycles. The molecule has 0 aliphatic carbocycles. The van der Waals surface area contributed by atoms with Gasteiger partial charge >= 0.3 is 0 Å². The Hall–Kier alpha value is -1.49. The molecule has 0 aliphatic heterocycles. The van der Waals surface area contributed by atoms with Crippen LogP contribution in [-0.4, -0.2) is 0 Å². The van der Waals surface area contributed by atoms with Crippen LogP contribution in [0.4, 0.5) is 0 Å². The molecule has 2 aromatic rings. The molecule has 0 unspecified atom stereocenters. The summed E-state index contributed by atoms with van der Waals surface area (Å²) in [5.74, 6) is 0. The number of hydrogen-bond donors (Lipinski definition) is 0. The van der Waals surface area contributed by atoms with Crippen molar-refractivity contribution in [2.75, 3.05) is 0 Å². The lowest BCUT2D eigenvalue weighted by atomic mass is 9.98. The number of nitriles is 1. The Kier molecular flexibility index (Phi) is 3.91. The van der Waals surface area contributed by atoms with Gasteiger partial charge in [0.1, 0.15) is 0 Å². The minimum atomic E-state index is 0.433. The van der Waals surface area contributed by atoms with E-state index in [4.69, 9.17) is 28.5 Å². The van der Waals surface area contributed by atoms with Gasteiger partial charge in [-0.15, -0.1) is 0 Å². The summed E-state index contributed by atoms with van der Waals surface area (Å²) in [5, 5.41) is 9.79. The molecule has 2 rings (SSSR count). The lowest BCUT2D eigenvalue weighted by molar-refractivity contribution is 1.25. The van der Waals surface area contributed by atoms with Crippen LogP contribution in [0, 0.1) is 18.3 Å². The van der Waals surface area contributed by atoms with Gasteiger partial charge in [-0.25, -0.2) is 0 Å². The van der Waals surface area contributed by atoms with E-state index in [-0.39, 0.29) is 0 Å². The van der Waals surface area contributed by atoms with Gasteiger partial charge in [-0.05, 0) is 41.3 Å². The third-order valence-electron chi connectivity index (χ3n) is 2.80. The van der Waals surface area contributed by atoms with Crippen molar-refractivity contribution in [1.29, 1.82) is 5.26 Å². The topological polar surface area (TPSA) is 23.8 Å². The number of halogens is 2. The molecule has 0 aliphatic rings. The summed E-state index contributed by atoms with van der Waals surface area (Å²) < 4.78 is 0. The van der Waals surface area contributed by atoms with E-state index < -0.39 is 0 Å². The highest BCUT2D eigenvalue weighted by Gasteiger charge is 2.05. The molecule has 0 N–H and O–H groups in total. The van der Waals surface area contributed by atoms with Crippen molar-refractivity contribution in [3.63, 3.8) is 0 Å². The molecule has 0 heterocycles. The molecule has 0 atom stereocenters. The van der Waals surface area contributed by atoms with Crippen LogP contribution in [0.3, 0.4) is 0 Å². The first-order chi connectivity index (χ1) is 8.61. The molecule has 0 spiro atoms. The summed E-state index contributed by atoms with van der Waals surface area (Å²) in [7, 11) is 0. The van der Waals surface area contributed by atoms with Crippen LogP contribution >= 0.6 is 23.2 Å². The molecule has 3 heteroatoms. The van der Waals surface area contributed by atoms with Gasteiger partial charge in [0, 0.05) is 0 Å². The van der Waals surface area contributed by atoms with Crippen LogP contribution in [0.1, 0.15) is 11.1 Å². The fraction of sp³-hybridized carbons (Fsp3) is 0.133. The Bertz CT molecular complexity index is 627. The number of benzene rings is 2. The maximum atomic E-state index is 8.68. The number of aryl methyl sites for hydroxylation is 1. The quantitative estimate of drug-likeness (QED) is 0.754. The van der Waals surface area contributed by atoms with Crippen LogP contribution < -0.4 is 0 Å². The fourth-order valence-electron chi connectivity index (χ4n) is 1.91.